The van der Waals surface area contributed by atoms with E-state index in [0.29, 0.717) is 25.6 Å². The van der Waals surface area contributed by atoms with Crippen molar-refractivity contribution in [2.45, 2.75) is 57.0 Å². The van der Waals surface area contributed by atoms with E-state index < -0.39 is 0 Å². The summed E-state index contributed by atoms with van der Waals surface area (Å²) < 4.78 is 0. The first kappa shape index (κ1) is 15.6. The van der Waals surface area contributed by atoms with Crippen molar-refractivity contribution >= 4 is 17.5 Å². The number of fused-ring (bicyclic) bond motifs is 3. The molecule has 2 N–H and O–H groups in total. The van der Waals surface area contributed by atoms with Crippen LogP contribution in [0.2, 0.25) is 0 Å². The number of anilines is 1. The Hall–Kier alpha value is -1.88. The molecule has 0 spiro atoms. The lowest BCUT2D eigenvalue weighted by atomic mass is 9.94. The van der Waals surface area contributed by atoms with E-state index in [9.17, 15) is 9.59 Å². The lowest BCUT2D eigenvalue weighted by molar-refractivity contribution is -0.122. The first-order chi connectivity index (χ1) is 11.7. The number of nitrogens with zero attached hydrogens (tertiary/aromatic N) is 1. The molecule has 2 unspecified atom stereocenters. The smallest absolute Gasteiger partial charge is 0.238 e. The van der Waals surface area contributed by atoms with E-state index in [1.807, 2.05) is 6.07 Å². The second-order valence-electron chi connectivity index (χ2n) is 7.30. The Morgan fingerprint density at radius 2 is 2.00 bits per heavy atom. The van der Waals surface area contributed by atoms with Crippen LogP contribution in [0.3, 0.4) is 0 Å². The lowest BCUT2D eigenvalue weighted by Gasteiger charge is -2.39. The van der Waals surface area contributed by atoms with E-state index in [1.165, 1.54) is 17.5 Å². The minimum absolute atomic E-state index is 0.0270. The van der Waals surface area contributed by atoms with Crippen molar-refractivity contribution in [3.63, 3.8) is 0 Å². The monoisotopic (exact) mass is 327 g/mol. The van der Waals surface area contributed by atoms with Crippen molar-refractivity contribution in [2.24, 2.45) is 0 Å². The van der Waals surface area contributed by atoms with Gasteiger partial charge in [-0.25, -0.2) is 0 Å². The Labute approximate surface area is 142 Å². The highest BCUT2D eigenvalue weighted by molar-refractivity contribution is 5.92. The number of amides is 2. The van der Waals surface area contributed by atoms with Crippen LogP contribution in [0.5, 0.6) is 0 Å². The van der Waals surface area contributed by atoms with Gasteiger partial charge in [-0.1, -0.05) is 12.5 Å². The Morgan fingerprint density at radius 1 is 1.17 bits per heavy atom. The Morgan fingerprint density at radius 3 is 2.92 bits per heavy atom. The van der Waals surface area contributed by atoms with Gasteiger partial charge in [-0.2, -0.15) is 0 Å². The summed E-state index contributed by atoms with van der Waals surface area (Å²) in [5.74, 6) is 0.146. The SMILES string of the molecule is O=C1CC2CCCC(CN1)N2CC(=O)Nc1ccc2c(c1)CCC2. The second kappa shape index (κ2) is 6.55. The highest BCUT2D eigenvalue weighted by Crippen LogP contribution is 2.27. The van der Waals surface area contributed by atoms with Crippen LogP contribution in [0.25, 0.3) is 0 Å². The van der Waals surface area contributed by atoms with Crippen LogP contribution in [0, 0.1) is 0 Å². The molecule has 3 aliphatic rings. The highest BCUT2D eigenvalue weighted by Gasteiger charge is 2.35. The van der Waals surface area contributed by atoms with Crippen LogP contribution in [0.15, 0.2) is 18.2 Å². The van der Waals surface area contributed by atoms with Crippen LogP contribution in [-0.2, 0) is 22.4 Å². The zero-order valence-electron chi connectivity index (χ0n) is 14.0. The summed E-state index contributed by atoms with van der Waals surface area (Å²) in [6.07, 6.45) is 7.21. The molecule has 5 nitrogen and oxygen atoms in total. The number of rotatable bonds is 3. The first-order valence-electron chi connectivity index (χ1n) is 9.13. The van der Waals surface area contributed by atoms with Crippen molar-refractivity contribution in [1.29, 1.82) is 0 Å². The van der Waals surface area contributed by atoms with Gasteiger partial charge in [0.1, 0.15) is 0 Å². The zero-order valence-corrected chi connectivity index (χ0v) is 14.0. The summed E-state index contributed by atoms with van der Waals surface area (Å²) in [7, 11) is 0. The van der Waals surface area contributed by atoms with E-state index in [0.717, 1.165) is 37.8 Å². The van der Waals surface area contributed by atoms with Crippen LogP contribution in [0.4, 0.5) is 5.69 Å². The molecule has 2 aliphatic heterocycles. The van der Waals surface area contributed by atoms with Crippen molar-refractivity contribution in [2.75, 3.05) is 18.4 Å². The summed E-state index contributed by atoms with van der Waals surface area (Å²) in [6.45, 7) is 1.04. The minimum Gasteiger partial charge on any atom is -0.354 e. The normalized spacial score (nSPS) is 26.4. The Kier molecular flexibility index (Phi) is 4.27. The molecule has 2 atom stereocenters. The molecule has 4 rings (SSSR count). The van der Waals surface area contributed by atoms with Gasteiger partial charge in [0.05, 0.1) is 6.54 Å². The fourth-order valence-electron chi connectivity index (χ4n) is 4.45. The quantitative estimate of drug-likeness (QED) is 0.891. The van der Waals surface area contributed by atoms with Gasteiger partial charge in [0.15, 0.2) is 0 Å². The third-order valence-electron chi connectivity index (χ3n) is 5.68. The van der Waals surface area contributed by atoms with Crippen molar-refractivity contribution in [1.82, 2.24) is 10.2 Å². The molecule has 0 saturated carbocycles. The summed E-state index contributed by atoms with van der Waals surface area (Å²) in [4.78, 5) is 26.6. The number of benzene rings is 1. The van der Waals surface area contributed by atoms with Gasteiger partial charge in [0.25, 0.3) is 0 Å². The van der Waals surface area contributed by atoms with Gasteiger partial charge >= 0.3 is 0 Å². The molecule has 0 aromatic heterocycles. The van der Waals surface area contributed by atoms with Crippen LogP contribution in [-0.4, -0.2) is 41.9 Å². The van der Waals surface area contributed by atoms with Crippen LogP contribution < -0.4 is 10.6 Å². The molecule has 2 amide bonds. The molecular weight excluding hydrogens is 302 g/mol. The average molecular weight is 327 g/mol. The molecule has 2 saturated heterocycles. The largest absolute Gasteiger partial charge is 0.354 e. The highest BCUT2D eigenvalue weighted by atomic mass is 16.2. The predicted octanol–water partition coefficient (Wildman–Crippen LogP) is 1.86. The molecule has 128 valence electrons. The number of piperidine rings is 1. The number of hydrogen-bond acceptors (Lipinski definition) is 3. The third kappa shape index (κ3) is 3.18. The Bertz CT molecular complexity index is 658. The molecule has 5 heteroatoms. The number of nitrogens with one attached hydrogen (secondary N) is 2. The van der Waals surface area contributed by atoms with E-state index in [4.69, 9.17) is 0 Å². The van der Waals surface area contributed by atoms with Crippen LogP contribution >= 0.6 is 0 Å². The maximum atomic E-state index is 12.5. The zero-order chi connectivity index (χ0) is 16.5. The van der Waals surface area contributed by atoms with Gasteiger partial charge in [-0.15, -0.1) is 0 Å². The Balaban J connectivity index is 1.42. The molecule has 1 aromatic carbocycles. The summed E-state index contributed by atoms with van der Waals surface area (Å²) >= 11 is 0. The second-order valence-corrected chi connectivity index (χ2v) is 7.30. The van der Waals surface area contributed by atoms with Crippen molar-refractivity contribution in [3.05, 3.63) is 29.3 Å². The predicted molar refractivity (Wildman–Crippen MR) is 92.9 cm³/mol. The maximum absolute atomic E-state index is 12.5. The summed E-state index contributed by atoms with van der Waals surface area (Å²) in [5.41, 5.74) is 3.68. The fraction of sp³-hybridized carbons (Fsp3) is 0.579. The topological polar surface area (TPSA) is 61.4 Å². The summed E-state index contributed by atoms with van der Waals surface area (Å²) in [6, 6.07) is 6.77. The molecule has 2 heterocycles. The third-order valence-corrected chi connectivity index (χ3v) is 5.68. The number of hydrogen-bond donors (Lipinski definition) is 2. The number of aryl methyl sites for hydroxylation is 2. The molecular formula is C19H25N3O2. The maximum Gasteiger partial charge on any atom is 0.238 e. The van der Waals surface area contributed by atoms with Crippen molar-refractivity contribution in [3.8, 4) is 0 Å². The molecule has 0 radical (unpaired) electrons. The van der Waals surface area contributed by atoms with Gasteiger partial charge in [0.2, 0.25) is 11.8 Å². The average Bonchev–Trinajstić information content (AvgIpc) is 3.00. The molecule has 24 heavy (non-hydrogen) atoms. The first-order valence-corrected chi connectivity index (χ1v) is 9.13. The standard InChI is InChI=1S/C19H25N3O2/c23-18-10-16-5-2-6-17(11-20-18)22(16)12-19(24)21-15-8-7-13-3-1-4-14(13)9-15/h7-9,16-17H,1-6,10-12H2,(H,20,23)(H,21,24). The fourth-order valence-corrected chi connectivity index (χ4v) is 4.45. The summed E-state index contributed by atoms with van der Waals surface area (Å²) in [5, 5.41) is 6.04. The molecule has 2 bridgehead atoms. The van der Waals surface area contributed by atoms with E-state index in [2.05, 4.69) is 27.7 Å². The molecule has 1 aliphatic carbocycles. The van der Waals surface area contributed by atoms with Gasteiger partial charge in [0, 0.05) is 30.7 Å². The van der Waals surface area contributed by atoms with Gasteiger partial charge < -0.3 is 10.6 Å². The molecule has 2 fully saturated rings. The molecule has 1 aromatic rings. The van der Waals surface area contributed by atoms with Gasteiger partial charge in [-0.05, 0) is 55.4 Å². The number of carbonyl (C=O) groups excluding carboxylic acids is 2. The minimum atomic E-state index is 0.0270. The van der Waals surface area contributed by atoms with Crippen molar-refractivity contribution < 1.29 is 9.59 Å². The van der Waals surface area contributed by atoms with Gasteiger partial charge in [-0.3, -0.25) is 14.5 Å². The number of carbonyl (C=O) groups is 2. The van der Waals surface area contributed by atoms with E-state index in [-0.39, 0.29) is 17.9 Å². The lowest BCUT2D eigenvalue weighted by Crippen LogP contribution is -2.50. The van der Waals surface area contributed by atoms with E-state index >= 15 is 0 Å². The van der Waals surface area contributed by atoms with E-state index in [1.54, 1.807) is 0 Å². The van der Waals surface area contributed by atoms with Crippen LogP contribution in [0.1, 0.15) is 43.2 Å².